The highest BCUT2D eigenvalue weighted by atomic mass is 32.2. The van der Waals surface area contributed by atoms with Crippen LogP contribution in [0.3, 0.4) is 0 Å². The lowest BCUT2D eigenvalue weighted by molar-refractivity contribution is 0.0902. The number of rotatable bonds is 4. The molecule has 110 valence electrons. The Morgan fingerprint density at radius 3 is 2.90 bits per heavy atom. The lowest BCUT2D eigenvalue weighted by Crippen LogP contribution is -2.40. The molecule has 0 bridgehead atoms. The highest BCUT2D eigenvalue weighted by molar-refractivity contribution is 7.89. The Bertz CT molecular complexity index is 594. The van der Waals surface area contributed by atoms with Crippen molar-refractivity contribution in [3.63, 3.8) is 0 Å². The molecule has 6 heteroatoms. The fraction of sp³-hybridized carbons (Fsp3) is 0.571. The van der Waals surface area contributed by atoms with Gasteiger partial charge in [0, 0.05) is 25.7 Å². The Morgan fingerprint density at radius 2 is 2.15 bits per heavy atom. The van der Waals surface area contributed by atoms with Gasteiger partial charge in [-0.15, -0.1) is 0 Å². The summed E-state index contributed by atoms with van der Waals surface area (Å²) in [5.41, 5.74) is 2.24. The van der Waals surface area contributed by atoms with E-state index in [0.717, 1.165) is 38.1 Å². The van der Waals surface area contributed by atoms with Crippen molar-refractivity contribution < 1.29 is 13.2 Å². The highest BCUT2D eigenvalue weighted by Crippen LogP contribution is 2.21. The molecule has 20 heavy (non-hydrogen) atoms. The fourth-order valence-corrected chi connectivity index (χ4v) is 4.15. The van der Waals surface area contributed by atoms with Crippen molar-refractivity contribution >= 4 is 10.0 Å². The van der Waals surface area contributed by atoms with E-state index in [1.807, 2.05) is 13.0 Å². The minimum atomic E-state index is -3.48. The fourth-order valence-electron chi connectivity index (χ4n) is 2.82. The van der Waals surface area contributed by atoms with Gasteiger partial charge in [0.1, 0.15) is 0 Å². The van der Waals surface area contributed by atoms with E-state index in [-0.39, 0.29) is 12.1 Å². The number of hydrogen-bond acceptors (Lipinski definition) is 4. The van der Waals surface area contributed by atoms with E-state index in [9.17, 15) is 8.42 Å². The second-order valence-corrected chi connectivity index (χ2v) is 7.21. The monoisotopic (exact) mass is 296 g/mol. The number of fused-ring (bicyclic) bond motifs is 1. The molecule has 0 spiro atoms. The Morgan fingerprint density at radius 1 is 1.35 bits per heavy atom. The van der Waals surface area contributed by atoms with Crippen LogP contribution in [0.1, 0.15) is 30.9 Å². The summed E-state index contributed by atoms with van der Waals surface area (Å²) >= 11 is 0. The smallest absolute Gasteiger partial charge is 0.240 e. The van der Waals surface area contributed by atoms with Crippen molar-refractivity contribution in [2.75, 3.05) is 6.61 Å². The molecule has 3 rings (SSSR count). The van der Waals surface area contributed by atoms with E-state index in [1.54, 1.807) is 12.1 Å². The van der Waals surface area contributed by atoms with Gasteiger partial charge in [-0.05, 0) is 43.0 Å². The molecular weight excluding hydrogens is 276 g/mol. The second-order valence-electron chi connectivity index (χ2n) is 5.50. The predicted octanol–water partition coefficient (Wildman–Crippen LogP) is 1.14. The number of hydrogen-bond donors (Lipinski definition) is 2. The van der Waals surface area contributed by atoms with Crippen LogP contribution in [0.4, 0.5) is 0 Å². The van der Waals surface area contributed by atoms with E-state index in [4.69, 9.17) is 4.74 Å². The molecule has 2 heterocycles. The van der Waals surface area contributed by atoms with Crippen LogP contribution in [-0.2, 0) is 27.8 Å². The summed E-state index contributed by atoms with van der Waals surface area (Å²) in [5.74, 6) is 0. The minimum Gasteiger partial charge on any atom is -0.377 e. The zero-order valence-corrected chi connectivity index (χ0v) is 12.4. The lowest BCUT2D eigenvalue weighted by Gasteiger charge is -2.20. The third-order valence-electron chi connectivity index (χ3n) is 3.98. The summed E-state index contributed by atoms with van der Waals surface area (Å²) in [4.78, 5) is 0.338. The Hall–Kier alpha value is -0.950. The Kier molecular flexibility index (Phi) is 3.81. The van der Waals surface area contributed by atoms with Crippen molar-refractivity contribution in [2.45, 2.75) is 49.9 Å². The molecule has 2 N–H and O–H groups in total. The van der Waals surface area contributed by atoms with E-state index >= 15 is 0 Å². The first-order valence-electron chi connectivity index (χ1n) is 7.03. The number of sulfonamides is 1. The number of benzene rings is 1. The van der Waals surface area contributed by atoms with Crippen molar-refractivity contribution in [3.05, 3.63) is 29.3 Å². The van der Waals surface area contributed by atoms with Crippen LogP contribution >= 0.6 is 0 Å². The highest BCUT2D eigenvalue weighted by Gasteiger charge is 2.27. The SMILES string of the molecule is CC(NS(=O)(=O)c1ccc2c(c1)CNC2)C1CCCO1. The first-order valence-corrected chi connectivity index (χ1v) is 8.51. The van der Waals surface area contributed by atoms with Crippen molar-refractivity contribution in [3.8, 4) is 0 Å². The van der Waals surface area contributed by atoms with Crippen LogP contribution in [-0.4, -0.2) is 27.2 Å². The quantitative estimate of drug-likeness (QED) is 0.874. The maximum Gasteiger partial charge on any atom is 0.240 e. The van der Waals surface area contributed by atoms with Crippen LogP contribution in [0.15, 0.2) is 23.1 Å². The normalized spacial score (nSPS) is 23.8. The molecule has 1 aromatic rings. The summed E-state index contributed by atoms with van der Waals surface area (Å²) in [7, 11) is -3.48. The molecule has 1 fully saturated rings. The molecule has 1 aromatic carbocycles. The molecule has 0 aromatic heterocycles. The molecule has 0 amide bonds. The Balaban J connectivity index is 1.77. The third kappa shape index (κ3) is 2.74. The van der Waals surface area contributed by atoms with E-state index in [2.05, 4.69) is 10.0 Å². The van der Waals surface area contributed by atoms with Gasteiger partial charge < -0.3 is 10.1 Å². The summed E-state index contributed by atoms with van der Waals surface area (Å²) in [6.07, 6.45) is 1.90. The largest absolute Gasteiger partial charge is 0.377 e. The zero-order chi connectivity index (χ0) is 14.2. The van der Waals surface area contributed by atoms with Crippen LogP contribution in [0, 0.1) is 0 Å². The summed E-state index contributed by atoms with van der Waals surface area (Å²) in [6, 6.07) is 5.13. The molecule has 2 aliphatic rings. The number of nitrogens with one attached hydrogen (secondary N) is 2. The van der Waals surface area contributed by atoms with E-state index in [0.29, 0.717) is 4.90 Å². The zero-order valence-electron chi connectivity index (χ0n) is 11.6. The van der Waals surface area contributed by atoms with Gasteiger partial charge in [-0.2, -0.15) is 0 Å². The molecule has 2 atom stereocenters. The maximum absolute atomic E-state index is 12.4. The molecule has 0 radical (unpaired) electrons. The van der Waals surface area contributed by atoms with Gasteiger partial charge in [-0.3, -0.25) is 0 Å². The van der Waals surface area contributed by atoms with Crippen LogP contribution < -0.4 is 10.0 Å². The average molecular weight is 296 g/mol. The average Bonchev–Trinajstić information content (AvgIpc) is 3.08. The first kappa shape index (κ1) is 14.0. The third-order valence-corrected chi connectivity index (χ3v) is 5.54. The van der Waals surface area contributed by atoms with Crippen LogP contribution in [0.5, 0.6) is 0 Å². The van der Waals surface area contributed by atoms with Crippen molar-refractivity contribution in [1.29, 1.82) is 0 Å². The van der Waals surface area contributed by atoms with Gasteiger partial charge in [0.05, 0.1) is 11.0 Å². The van der Waals surface area contributed by atoms with Gasteiger partial charge in [0.15, 0.2) is 0 Å². The standard InChI is InChI=1S/C14H20N2O3S/c1-10(14-3-2-6-19-14)16-20(17,18)13-5-4-11-8-15-9-12(11)7-13/h4-5,7,10,14-16H,2-3,6,8-9H2,1H3. The molecule has 2 aliphatic heterocycles. The van der Waals surface area contributed by atoms with E-state index in [1.165, 1.54) is 5.56 Å². The molecule has 0 aliphatic carbocycles. The van der Waals surface area contributed by atoms with Gasteiger partial charge in [-0.25, -0.2) is 13.1 Å². The summed E-state index contributed by atoms with van der Waals surface area (Å²) < 4.78 is 33.1. The molecule has 2 unspecified atom stereocenters. The van der Waals surface area contributed by atoms with Crippen molar-refractivity contribution in [2.24, 2.45) is 0 Å². The topological polar surface area (TPSA) is 67.4 Å². The summed E-state index contributed by atoms with van der Waals surface area (Å²) in [6.45, 7) is 4.14. The molecule has 1 saturated heterocycles. The number of ether oxygens (including phenoxy) is 1. The van der Waals surface area contributed by atoms with Gasteiger partial charge in [0.2, 0.25) is 10.0 Å². The molecule has 5 nitrogen and oxygen atoms in total. The molecular formula is C14H20N2O3S. The van der Waals surface area contributed by atoms with Crippen molar-refractivity contribution in [1.82, 2.24) is 10.0 Å². The maximum atomic E-state index is 12.4. The van der Waals surface area contributed by atoms with Gasteiger partial charge in [0.25, 0.3) is 0 Å². The summed E-state index contributed by atoms with van der Waals surface area (Å²) in [5, 5.41) is 3.22. The first-order chi connectivity index (χ1) is 9.56. The minimum absolute atomic E-state index is 0.0131. The lowest BCUT2D eigenvalue weighted by atomic mass is 10.1. The van der Waals surface area contributed by atoms with Crippen LogP contribution in [0.25, 0.3) is 0 Å². The Labute approximate surface area is 119 Å². The molecule has 0 saturated carbocycles. The van der Waals surface area contributed by atoms with Crippen LogP contribution in [0.2, 0.25) is 0 Å². The van der Waals surface area contributed by atoms with Gasteiger partial charge >= 0.3 is 0 Å². The predicted molar refractivity (Wildman–Crippen MR) is 75.7 cm³/mol. The second kappa shape index (κ2) is 5.44. The van der Waals surface area contributed by atoms with E-state index < -0.39 is 10.0 Å². The van der Waals surface area contributed by atoms with Gasteiger partial charge in [-0.1, -0.05) is 6.07 Å².